The minimum Gasteiger partial charge on any atom is -0.497 e. The fraction of sp³-hybridized carbons (Fsp3) is 0.368. The predicted octanol–water partition coefficient (Wildman–Crippen LogP) is 2.89. The van der Waals surface area contributed by atoms with Crippen LogP contribution in [0.1, 0.15) is 23.6 Å². The molecule has 0 bridgehead atoms. The summed E-state index contributed by atoms with van der Waals surface area (Å²) in [5.74, 6) is 1.18. The lowest BCUT2D eigenvalue weighted by Crippen LogP contribution is -2.38. The van der Waals surface area contributed by atoms with Crippen LogP contribution in [0.15, 0.2) is 30.3 Å². The van der Waals surface area contributed by atoms with E-state index in [1.165, 1.54) is 7.11 Å². The number of hydrogen-bond donors (Lipinski definition) is 1. The third kappa shape index (κ3) is 4.70. The zero-order chi connectivity index (χ0) is 20.5. The number of rotatable bonds is 6. The van der Waals surface area contributed by atoms with Crippen molar-refractivity contribution in [2.75, 3.05) is 14.2 Å². The predicted molar refractivity (Wildman–Crippen MR) is 107 cm³/mol. The van der Waals surface area contributed by atoms with Crippen LogP contribution in [0.25, 0.3) is 0 Å². The van der Waals surface area contributed by atoms with Gasteiger partial charge in [0.25, 0.3) is 0 Å². The Morgan fingerprint density at radius 2 is 1.86 bits per heavy atom. The number of fused-ring (bicyclic) bond motifs is 1. The first-order valence-electron chi connectivity index (χ1n) is 8.68. The maximum Gasteiger partial charge on any atom is 0.380 e. The Balaban J connectivity index is 1.88. The lowest BCUT2D eigenvalue weighted by atomic mass is 9.93. The van der Waals surface area contributed by atoms with Crippen molar-refractivity contribution >= 4 is 21.9 Å². The van der Waals surface area contributed by atoms with Crippen LogP contribution in [0, 0.1) is 0 Å². The molecular formula is C19H23ClN2O5S. The highest BCUT2D eigenvalue weighted by Gasteiger charge is 2.26. The van der Waals surface area contributed by atoms with E-state index in [9.17, 15) is 8.42 Å². The van der Waals surface area contributed by atoms with Crippen molar-refractivity contribution in [1.29, 1.82) is 0 Å². The number of nitrogens with zero attached hydrogens (tertiary/aromatic N) is 1. The van der Waals surface area contributed by atoms with E-state index < -0.39 is 10.3 Å². The second-order valence-electron chi connectivity index (χ2n) is 6.76. The van der Waals surface area contributed by atoms with E-state index in [4.69, 9.17) is 30.4 Å². The fourth-order valence-corrected chi connectivity index (χ4v) is 3.94. The summed E-state index contributed by atoms with van der Waals surface area (Å²) in [7, 11) is -1.05. The summed E-state index contributed by atoms with van der Waals surface area (Å²) >= 11 is 6.36. The molecule has 2 N–H and O–H groups in total. The van der Waals surface area contributed by atoms with Crippen molar-refractivity contribution in [3.8, 4) is 17.2 Å². The molecule has 1 unspecified atom stereocenters. The number of nitrogens with two attached hydrogens (primary N) is 1. The first-order chi connectivity index (χ1) is 13.2. The zero-order valence-corrected chi connectivity index (χ0v) is 17.5. The largest absolute Gasteiger partial charge is 0.497 e. The molecule has 1 aliphatic heterocycles. The highest BCUT2D eigenvalue weighted by Crippen LogP contribution is 2.36. The summed E-state index contributed by atoms with van der Waals surface area (Å²) in [6, 6.07) is 9.29. The average Bonchev–Trinajstić information content (AvgIpc) is 2.62. The summed E-state index contributed by atoms with van der Waals surface area (Å²) < 4.78 is 38.1. The molecule has 0 aliphatic carbocycles. The Hall–Kier alpha value is -2.00. The number of ether oxygens (including phenoxy) is 2. The van der Waals surface area contributed by atoms with Crippen LogP contribution in [-0.2, 0) is 29.8 Å². The van der Waals surface area contributed by atoms with Gasteiger partial charge in [0.1, 0.15) is 5.75 Å². The first-order valence-corrected chi connectivity index (χ1v) is 10.5. The lowest BCUT2D eigenvalue weighted by molar-refractivity contribution is 0.174. The molecule has 0 spiro atoms. The smallest absolute Gasteiger partial charge is 0.380 e. The molecule has 9 heteroatoms. The van der Waals surface area contributed by atoms with Crippen molar-refractivity contribution in [1.82, 2.24) is 4.90 Å². The molecule has 0 fully saturated rings. The first kappa shape index (κ1) is 20.7. The van der Waals surface area contributed by atoms with Crippen LogP contribution in [0.2, 0.25) is 5.02 Å². The van der Waals surface area contributed by atoms with Gasteiger partial charge < -0.3 is 13.7 Å². The maximum atomic E-state index is 11.3. The van der Waals surface area contributed by atoms with E-state index in [-0.39, 0.29) is 11.8 Å². The van der Waals surface area contributed by atoms with E-state index in [1.807, 2.05) is 18.2 Å². The van der Waals surface area contributed by atoms with Gasteiger partial charge in [-0.3, -0.25) is 4.90 Å². The van der Waals surface area contributed by atoms with Crippen molar-refractivity contribution in [2.45, 2.75) is 32.5 Å². The van der Waals surface area contributed by atoms with Gasteiger partial charge in [0.15, 0.2) is 11.5 Å². The Morgan fingerprint density at radius 1 is 1.14 bits per heavy atom. The molecule has 3 rings (SSSR count). The highest BCUT2D eigenvalue weighted by molar-refractivity contribution is 7.84. The maximum absolute atomic E-state index is 11.3. The molecule has 2 aromatic carbocycles. The van der Waals surface area contributed by atoms with Crippen molar-refractivity contribution in [3.63, 3.8) is 0 Å². The van der Waals surface area contributed by atoms with E-state index in [1.54, 1.807) is 19.2 Å². The van der Waals surface area contributed by atoms with Gasteiger partial charge in [-0.1, -0.05) is 11.6 Å². The van der Waals surface area contributed by atoms with Crippen LogP contribution in [-0.4, -0.2) is 33.6 Å². The molecule has 152 valence electrons. The van der Waals surface area contributed by atoms with Crippen LogP contribution in [0.4, 0.5) is 0 Å². The van der Waals surface area contributed by atoms with Crippen LogP contribution < -0.4 is 18.8 Å². The highest BCUT2D eigenvalue weighted by atomic mass is 35.5. The quantitative estimate of drug-likeness (QED) is 0.763. The molecule has 0 radical (unpaired) electrons. The summed E-state index contributed by atoms with van der Waals surface area (Å²) in [6.45, 7) is 3.44. The molecule has 0 aromatic heterocycles. The molecule has 1 heterocycles. The Morgan fingerprint density at radius 3 is 2.50 bits per heavy atom. The van der Waals surface area contributed by atoms with Gasteiger partial charge in [-0.05, 0) is 60.4 Å². The summed E-state index contributed by atoms with van der Waals surface area (Å²) in [5, 5.41) is 5.69. The average molecular weight is 427 g/mol. The van der Waals surface area contributed by atoms with Crippen LogP contribution in [0.3, 0.4) is 0 Å². The second kappa shape index (κ2) is 8.16. The van der Waals surface area contributed by atoms with Gasteiger partial charge in [-0.15, -0.1) is 0 Å². The Bertz CT molecular complexity index is 981. The molecular weight excluding hydrogens is 404 g/mol. The summed E-state index contributed by atoms with van der Waals surface area (Å²) in [6.07, 6.45) is 0.724. The normalized spacial score (nSPS) is 17.1. The molecule has 7 nitrogen and oxygen atoms in total. The van der Waals surface area contributed by atoms with E-state index in [2.05, 4.69) is 11.8 Å². The van der Waals surface area contributed by atoms with Gasteiger partial charge in [0.2, 0.25) is 0 Å². The molecule has 0 saturated carbocycles. The fourth-order valence-electron chi connectivity index (χ4n) is 3.38. The number of methoxy groups -OCH3 is 2. The minimum absolute atomic E-state index is 0.0974. The molecule has 1 atom stereocenters. The SMILES string of the molecule is COc1ccc(Cl)c(CN2Cc3cc(OC)c(OS(N)(=O)=O)cc3CC2C)c1. The molecule has 28 heavy (non-hydrogen) atoms. The van der Waals surface area contributed by atoms with Crippen molar-refractivity contribution in [3.05, 3.63) is 52.0 Å². The summed E-state index contributed by atoms with van der Waals surface area (Å²) in [5.41, 5.74) is 3.02. The van der Waals surface area contributed by atoms with E-state index in [0.29, 0.717) is 23.9 Å². The van der Waals surface area contributed by atoms with Crippen LogP contribution >= 0.6 is 11.6 Å². The third-order valence-corrected chi connectivity index (χ3v) is 5.61. The Labute approximate surface area is 170 Å². The Kier molecular flexibility index (Phi) is 6.04. The number of benzene rings is 2. The van der Waals surface area contributed by atoms with Crippen molar-refractivity contribution < 1.29 is 22.1 Å². The minimum atomic E-state index is -4.13. The topological polar surface area (TPSA) is 91.1 Å². The van der Waals surface area contributed by atoms with Crippen molar-refractivity contribution in [2.24, 2.45) is 5.14 Å². The van der Waals surface area contributed by atoms with E-state index in [0.717, 1.165) is 28.9 Å². The van der Waals surface area contributed by atoms with Gasteiger partial charge in [0, 0.05) is 24.2 Å². The molecule has 0 amide bonds. The molecule has 1 aliphatic rings. The standard InChI is InChI=1S/C19H23ClN2O5S/c1-12-6-13-8-19(27-28(21,23)24)18(26-3)9-14(13)10-22(12)11-15-7-16(25-2)4-5-17(15)20/h4-5,7-9,12H,6,10-11H2,1-3H3,(H2,21,23,24). The lowest BCUT2D eigenvalue weighted by Gasteiger charge is -2.35. The molecule has 0 saturated heterocycles. The van der Waals surface area contributed by atoms with E-state index >= 15 is 0 Å². The third-order valence-electron chi connectivity index (χ3n) is 4.83. The van der Waals surface area contributed by atoms with Crippen LogP contribution in [0.5, 0.6) is 17.2 Å². The van der Waals surface area contributed by atoms with Gasteiger partial charge in [-0.25, -0.2) is 0 Å². The monoisotopic (exact) mass is 426 g/mol. The van der Waals surface area contributed by atoms with Gasteiger partial charge >= 0.3 is 10.3 Å². The summed E-state index contributed by atoms with van der Waals surface area (Å²) in [4.78, 5) is 2.29. The zero-order valence-electron chi connectivity index (χ0n) is 15.9. The number of halogens is 1. The van der Waals surface area contributed by atoms with Gasteiger partial charge in [0.05, 0.1) is 14.2 Å². The van der Waals surface area contributed by atoms with Gasteiger partial charge in [-0.2, -0.15) is 13.6 Å². The number of hydrogen-bond acceptors (Lipinski definition) is 6. The second-order valence-corrected chi connectivity index (χ2v) is 8.32. The molecule has 2 aromatic rings.